The Morgan fingerprint density at radius 2 is 2.21 bits per heavy atom. The van der Waals surface area contributed by atoms with Gasteiger partial charge in [-0.2, -0.15) is 0 Å². The lowest BCUT2D eigenvalue weighted by molar-refractivity contribution is -0.156. The van der Waals surface area contributed by atoms with Crippen LogP contribution in [0.2, 0.25) is 0 Å². The summed E-state index contributed by atoms with van der Waals surface area (Å²) in [5.74, 6) is -0.398. The van der Waals surface area contributed by atoms with Crippen LogP contribution in [0.5, 0.6) is 0 Å². The number of pyridine rings is 1. The molecule has 2 aromatic heterocycles. The van der Waals surface area contributed by atoms with Crippen LogP contribution in [0, 0.1) is 0 Å². The van der Waals surface area contributed by atoms with Gasteiger partial charge in [0.1, 0.15) is 17.3 Å². The van der Waals surface area contributed by atoms with Crippen LogP contribution in [0.25, 0.3) is 11.0 Å². The number of carbonyl (C=O) groups excluding carboxylic acids is 1. The number of hydrogen-bond acceptors (Lipinski definition) is 4. The summed E-state index contributed by atoms with van der Waals surface area (Å²) in [6.07, 6.45) is 3.60. The zero-order valence-electron chi connectivity index (χ0n) is 11.5. The summed E-state index contributed by atoms with van der Waals surface area (Å²) < 4.78 is 7.13. The van der Waals surface area contributed by atoms with E-state index in [1.54, 1.807) is 6.20 Å². The predicted octanol–water partition coefficient (Wildman–Crippen LogP) is 1.71. The maximum absolute atomic E-state index is 11.8. The summed E-state index contributed by atoms with van der Waals surface area (Å²) in [5, 5.41) is 1.03. The third kappa shape index (κ3) is 3.32. The van der Waals surface area contributed by atoms with Gasteiger partial charge in [0.05, 0.1) is 0 Å². The molecule has 1 atom stereocenters. The summed E-state index contributed by atoms with van der Waals surface area (Å²) in [6, 6.07) is 5.10. The van der Waals surface area contributed by atoms with E-state index in [1.165, 1.54) is 0 Å². The molecular weight excluding hydrogens is 242 g/mol. The molecule has 102 valence electrons. The molecule has 5 nitrogen and oxygen atoms in total. The topological polar surface area (TPSA) is 70.1 Å². The molecule has 0 bridgehead atoms. The fourth-order valence-corrected chi connectivity index (χ4v) is 1.83. The van der Waals surface area contributed by atoms with Gasteiger partial charge >= 0.3 is 5.97 Å². The van der Waals surface area contributed by atoms with Crippen LogP contribution in [0.3, 0.4) is 0 Å². The minimum atomic E-state index is -0.697. The number of aromatic nitrogens is 2. The number of rotatable bonds is 3. The molecule has 2 heterocycles. The lowest BCUT2D eigenvalue weighted by Crippen LogP contribution is -2.40. The molecule has 2 aromatic rings. The normalized spacial score (nSPS) is 13.5. The van der Waals surface area contributed by atoms with Gasteiger partial charge in [0, 0.05) is 24.3 Å². The summed E-state index contributed by atoms with van der Waals surface area (Å²) in [4.78, 5) is 16.1. The van der Waals surface area contributed by atoms with Crippen molar-refractivity contribution >= 4 is 17.0 Å². The van der Waals surface area contributed by atoms with E-state index in [2.05, 4.69) is 4.98 Å². The number of esters is 1. The molecule has 0 fully saturated rings. The zero-order chi connectivity index (χ0) is 14.0. The van der Waals surface area contributed by atoms with E-state index in [0.717, 1.165) is 11.0 Å². The quantitative estimate of drug-likeness (QED) is 0.854. The molecule has 2 N–H and O–H groups in total. The van der Waals surface area contributed by atoms with Gasteiger partial charge in [0.25, 0.3) is 0 Å². The third-order valence-electron chi connectivity index (χ3n) is 2.63. The van der Waals surface area contributed by atoms with Crippen LogP contribution in [0.15, 0.2) is 30.6 Å². The van der Waals surface area contributed by atoms with Crippen molar-refractivity contribution in [2.45, 2.75) is 39.0 Å². The molecule has 19 heavy (non-hydrogen) atoms. The summed E-state index contributed by atoms with van der Waals surface area (Å²) >= 11 is 0. The van der Waals surface area contributed by atoms with Gasteiger partial charge in [0.15, 0.2) is 0 Å². The Bertz CT molecular complexity index is 584. The molecule has 0 spiro atoms. The fraction of sp³-hybridized carbons (Fsp3) is 0.429. The first-order valence-electron chi connectivity index (χ1n) is 6.25. The number of nitrogens with zero attached hydrogens (tertiary/aromatic N) is 2. The molecule has 0 aromatic carbocycles. The first-order valence-corrected chi connectivity index (χ1v) is 6.25. The zero-order valence-corrected chi connectivity index (χ0v) is 11.5. The van der Waals surface area contributed by atoms with Crippen molar-refractivity contribution in [1.82, 2.24) is 9.55 Å². The molecule has 0 saturated carbocycles. The van der Waals surface area contributed by atoms with E-state index in [1.807, 2.05) is 49.7 Å². The maximum Gasteiger partial charge on any atom is 0.325 e. The fourth-order valence-electron chi connectivity index (χ4n) is 1.83. The van der Waals surface area contributed by atoms with Crippen LogP contribution >= 0.6 is 0 Å². The van der Waals surface area contributed by atoms with Crippen molar-refractivity contribution in [3.8, 4) is 0 Å². The second-order valence-electron chi connectivity index (χ2n) is 5.52. The SMILES string of the molecule is CC(C)(C)OC(=O)C(N)Cn1ccc2cccnc21. The van der Waals surface area contributed by atoms with Crippen LogP contribution in [0.1, 0.15) is 20.8 Å². The van der Waals surface area contributed by atoms with Crippen LogP contribution in [-0.4, -0.2) is 27.2 Å². The second-order valence-corrected chi connectivity index (χ2v) is 5.52. The summed E-state index contributed by atoms with van der Waals surface area (Å²) in [5.41, 5.74) is 6.18. The number of ether oxygens (including phenoxy) is 1. The Balaban J connectivity index is 2.10. The number of fused-ring (bicyclic) bond motifs is 1. The Labute approximate surface area is 112 Å². The van der Waals surface area contributed by atoms with E-state index in [9.17, 15) is 4.79 Å². The van der Waals surface area contributed by atoms with E-state index < -0.39 is 17.6 Å². The minimum absolute atomic E-state index is 0.357. The van der Waals surface area contributed by atoms with Crippen molar-refractivity contribution < 1.29 is 9.53 Å². The Morgan fingerprint density at radius 3 is 2.89 bits per heavy atom. The third-order valence-corrected chi connectivity index (χ3v) is 2.63. The minimum Gasteiger partial charge on any atom is -0.459 e. The van der Waals surface area contributed by atoms with Crippen molar-refractivity contribution in [3.05, 3.63) is 30.6 Å². The Hall–Kier alpha value is -1.88. The highest BCUT2D eigenvalue weighted by Gasteiger charge is 2.22. The van der Waals surface area contributed by atoms with Gasteiger partial charge < -0.3 is 15.0 Å². The molecule has 0 amide bonds. The van der Waals surface area contributed by atoms with Crippen LogP contribution in [-0.2, 0) is 16.1 Å². The molecule has 0 aliphatic heterocycles. The average Bonchev–Trinajstić information content (AvgIpc) is 2.70. The Morgan fingerprint density at radius 1 is 1.47 bits per heavy atom. The summed E-state index contributed by atoms with van der Waals surface area (Å²) in [6.45, 7) is 5.83. The van der Waals surface area contributed by atoms with Gasteiger partial charge in [-0.1, -0.05) is 0 Å². The van der Waals surface area contributed by atoms with Gasteiger partial charge in [-0.15, -0.1) is 0 Å². The maximum atomic E-state index is 11.8. The van der Waals surface area contributed by atoms with Gasteiger partial charge in [-0.05, 0) is 39.0 Å². The highest BCUT2D eigenvalue weighted by Crippen LogP contribution is 2.13. The van der Waals surface area contributed by atoms with E-state index >= 15 is 0 Å². The second kappa shape index (κ2) is 5.01. The lowest BCUT2D eigenvalue weighted by Gasteiger charge is -2.22. The lowest BCUT2D eigenvalue weighted by atomic mass is 10.2. The van der Waals surface area contributed by atoms with E-state index in [0.29, 0.717) is 6.54 Å². The van der Waals surface area contributed by atoms with Crippen LogP contribution in [0.4, 0.5) is 0 Å². The van der Waals surface area contributed by atoms with Crippen molar-refractivity contribution in [2.24, 2.45) is 5.73 Å². The standard InChI is InChI=1S/C14H19N3O2/c1-14(2,3)19-13(18)11(15)9-17-8-6-10-5-4-7-16-12(10)17/h4-8,11H,9,15H2,1-3H3. The smallest absolute Gasteiger partial charge is 0.325 e. The predicted molar refractivity (Wildman–Crippen MR) is 73.6 cm³/mol. The Kier molecular flexibility index (Phi) is 3.57. The first kappa shape index (κ1) is 13.5. The molecule has 1 unspecified atom stereocenters. The van der Waals surface area contributed by atoms with Gasteiger partial charge in [-0.3, -0.25) is 4.79 Å². The molecule has 0 radical (unpaired) electrons. The van der Waals surface area contributed by atoms with Gasteiger partial charge in [-0.25, -0.2) is 4.98 Å². The van der Waals surface area contributed by atoms with Crippen molar-refractivity contribution in [3.63, 3.8) is 0 Å². The molecule has 0 aliphatic rings. The van der Waals surface area contributed by atoms with Gasteiger partial charge in [0.2, 0.25) is 0 Å². The first-order chi connectivity index (χ1) is 8.87. The summed E-state index contributed by atoms with van der Waals surface area (Å²) in [7, 11) is 0. The van der Waals surface area contributed by atoms with E-state index in [-0.39, 0.29) is 0 Å². The highest BCUT2D eigenvalue weighted by molar-refractivity contribution is 5.78. The largest absolute Gasteiger partial charge is 0.459 e. The molecule has 5 heteroatoms. The molecule has 0 aliphatic carbocycles. The monoisotopic (exact) mass is 261 g/mol. The van der Waals surface area contributed by atoms with Crippen LogP contribution < -0.4 is 5.73 Å². The number of nitrogens with two attached hydrogens (primary N) is 1. The average molecular weight is 261 g/mol. The van der Waals surface area contributed by atoms with Crippen molar-refractivity contribution in [1.29, 1.82) is 0 Å². The number of hydrogen-bond donors (Lipinski definition) is 1. The molecular formula is C14H19N3O2. The highest BCUT2D eigenvalue weighted by atomic mass is 16.6. The number of carbonyl (C=O) groups is 1. The molecule has 0 saturated heterocycles. The molecule has 2 rings (SSSR count). The van der Waals surface area contributed by atoms with E-state index in [4.69, 9.17) is 10.5 Å². The van der Waals surface area contributed by atoms with Crippen molar-refractivity contribution in [2.75, 3.05) is 0 Å².